The van der Waals surface area contributed by atoms with Crippen molar-refractivity contribution in [1.82, 2.24) is 19.4 Å². The number of imidazole rings is 1. The lowest BCUT2D eigenvalue weighted by atomic mass is 10.2. The molecule has 3 heterocycles. The predicted molar refractivity (Wildman–Crippen MR) is 116 cm³/mol. The van der Waals surface area contributed by atoms with Crippen molar-refractivity contribution in [2.24, 2.45) is 7.05 Å². The third-order valence-electron chi connectivity index (χ3n) is 5.35. The van der Waals surface area contributed by atoms with E-state index < -0.39 is 0 Å². The van der Waals surface area contributed by atoms with E-state index in [1.165, 1.54) is 0 Å². The Morgan fingerprint density at radius 3 is 2.74 bits per heavy atom. The summed E-state index contributed by atoms with van der Waals surface area (Å²) in [6, 6.07) is 19.0. The molecule has 2 aromatic carbocycles. The number of nitrogens with zero attached hydrogens (tertiary/aromatic N) is 4. The minimum atomic E-state index is -0.292. The molecule has 0 spiro atoms. The number of hydrogen-bond acceptors (Lipinski definition) is 5. The van der Waals surface area contributed by atoms with E-state index in [-0.39, 0.29) is 12.0 Å². The van der Waals surface area contributed by atoms with Gasteiger partial charge in [-0.3, -0.25) is 4.79 Å². The highest BCUT2D eigenvalue weighted by Gasteiger charge is 2.27. The molecule has 1 aliphatic heterocycles. The molecule has 0 unspecified atom stereocenters. The van der Waals surface area contributed by atoms with Gasteiger partial charge in [0.2, 0.25) is 0 Å². The van der Waals surface area contributed by atoms with Crippen molar-refractivity contribution in [2.45, 2.75) is 12.6 Å². The number of amides is 1. The van der Waals surface area contributed by atoms with Crippen molar-refractivity contribution >= 4 is 16.8 Å². The minimum Gasteiger partial charge on any atom is -0.486 e. The van der Waals surface area contributed by atoms with Crippen LogP contribution in [0.5, 0.6) is 11.5 Å². The quantitative estimate of drug-likeness (QED) is 0.500. The number of aromatic nitrogens is 3. The lowest BCUT2D eigenvalue weighted by molar-refractivity contribution is 0.0433. The van der Waals surface area contributed by atoms with Gasteiger partial charge >= 0.3 is 0 Å². The second-order valence-corrected chi connectivity index (χ2v) is 7.53. The van der Waals surface area contributed by atoms with Crippen molar-refractivity contribution in [1.29, 1.82) is 0 Å². The van der Waals surface area contributed by atoms with E-state index in [1.54, 1.807) is 17.2 Å². The summed E-state index contributed by atoms with van der Waals surface area (Å²) in [4.78, 5) is 24.2. The first-order chi connectivity index (χ1) is 15.2. The van der Waals surface area contributed by atoms with Crippen LogP contribution >= 0.6 is 0 Å². The molecular formula is C24H22N4O3. The Morgan fingerprint density at radius 2 is 1.90 bits per heavy atom. The zero-order chi connectivity index (χ0) is 21.2. The summed E-state index contributed by atoms with van der Waals surface area (Å²) in [6.07, 6.45) is 3.30. The lowest BCUT2D eigenvalue weighted by Gasteiger charge is -2.31. The van der Waals surface area contributed by atoms with Crippen LogP contribution in [0.4, 0.5) is 0 Å². The van der Waals surface area contributed by atoms with E-state index in [2.05, 4.69) is 9.97 Å². The Bertz CT molecular complexity index is 1240. The number of benzene rings is 2. The molecule has 0 saturated heterocycles. The van der Waals surface area contributed by atoms with E-state index in [0.29, 0.717) is 31.1 Å². The molecule has 7 heteroatoms. The Kier molecular flexibility index (Phi) is 5.00. The molecule has 7 nitrogen and oxygen atoms in total. The van der Waals surface area contributed by atoms with Gasteiger partial charge in [-0.25, -0.2) is 9.97 Å². The van der Waals surface area contributed by atoms with Gasteiger partial charge in [0.1, 0.15) is 18.1 Å². The van der Waals surface area contributed by atoms with Crippen molar-refractivity contribution in [3.05, 3.63) is 84.6 Å². The smallest absolute Gasteiger partial charge is 0.273 e. The van der Waals surface area contributed by atoms with Crippen molar-refractivity contribution in [2.75, 3.05) is 13.2 Å². The Labute approximate surface area is 179 Å². The number of aryl methyl sites for hydroxylation is 1. The number of pyridine rings is 1. The van der Waals surface area contributed by atoms with E-state index in [1.807, 2.05) is 72.4 Å². The molecule has 31 heavy (non-hydrogen) atoms. The molecule has 1 atom stereocenters. The summed E-state index contributed by atoms with van der Waals surface area (Å²) in [5.41, 5.74) is 1.18. The Balaban J connectivity index is 1.42. The van der Waals surface area contributed by atoms with Crippen LogP contribution in [-0.4, -0.2) is 44.6 Å². The number of fused-ring (bicyclic) bond motifs is 2. The average molecular weight is 414 g/mol. The van der Waals surface area contributed by atoms with Crippen LogP contribution in [0.15, 0.2) is 73.1 Å². The second-order valence-electron chi connectivity index (χ2n) is 7.53. The average Bonchev–Trinajstić information content (AvgIpc) is 3.22. The summed E-state index contributed by atoms with van der Waals surface area (Å²) in [7, 11) is 1.91. The molecule has 0 radical (unpaired) electrons. The SMILES string of the molecule is Cn1ccnc1CN(C[C@H]1COc2ccccc2O1)C(=O)c1ccc2ccccc2n1. The highest BCUT2D eigenvalue weighted by molar-refractivity contribution is 5.94. The summed E-state index contributed by atoms with van der Waals surface area (Å²) >= 11 is 0. The fraction of sp³-hybridized carbons (Fsp3) is 0.208. The molecule has 5 rings (SSSR count). The van der Waals surface area contributed by atoms with Crippen molar-refractivity contribution < 1.29 is 14.3 Å². The van der Waals surface area contributed by atoms with Gasteiger partial charge in [-0.2, -0.15) is 0 Å². The maximum Gasteiger partial charge on any atom is 0.273 e. The first-order valence-corrected chi connectivity index (χ1v) is 10.2. The number of carbonyl (C=O) groups is 1. The lowest BCUT2D eigenvalue weighted by Crippen LogP contribution is -2.44. The summed E-state index contributed by atoms with van der Waals surface area (Å²) < 4.78 is 13.8. The Hall–Kier alpha value is -3.87. The van der Waals surface area contributed by atoms with Crippen molar-refractivity contribution in [3.8, 4) is 11.5 Å². The summed E-state index contributed by atoms with van der Waals surface area (Å²) in [5, 5.41) is 0.996. The highest BCUT2D eigenvalue weighted by atomic mass is 16.6. The standard InChI is InChI=1S/C24H22N4O3/c1-27-13-12-25-23(27)15-28(14-18-16-30-21-8-4-5-9-22(21)31-18)24(29)20-11-10-17-6-2-3-7-19(17)26-20/h2-13,18H,14-16H2,1H3/t18-/m0/s1. The molecule has 1 aliphatic rings. The molecule has 0 fully saturated rings. The Morgan fingerprint density at radius 1 is 1.10 bits per heavy atom. The third-order valence-corrected chi connectivity index (χ3v) is 5.35. The van der Waals surface area contributed by atoms with Gasteiger partial charge < -0.3 is 18.9 Å². The van der Waals surface area contributed by atoms with Crippen LogP contribution in [0, 0.1) is 0 Å². The van der Waals surface area contributed by atoms with E-state index in [9.17, 15) is 4.79 Å². The predicted octanol–water partition coefficient (Wildman–Crippen LogP) is 3.45. The molecule has 0 bridgehead atoms. The topological polar surface area (TPSA) is 69.5 Å². The van der Waals surface area contributed by atoms with Crippen LogP contribution in [0.2, 0.25) is 0 Å². The van der Waals surface area contributed by atoms with Crippen LogP contribution in [-0.2, 0) is 13.6 Å². The van der Waals surface area contributed by atoms with Gasteiger partial charge in [0, 0.05) is 24.8 Å². The molecular weight excluding hydrogens is 392 g/mol. The number of carbonyl (C=O) groups excluding carboxylic acids is 1. The molecule has 156 valence electrons. The van der Waals surface area contributed by atoms with Crippen LogP contribution in [0.3, 0.4) is 0 Å². The largest absolute Gasteiger partial charge is 0.486 e. The van der Waals surface area contributed by atoms with Gasteiger partial charge in [0.05, 0.1) is 18.6 Å². The molecule has 0 N–H and O–H groups in total. The molecule has 0 aliphatic carbocycles. The highest BCUT2D eigenvalue weighted by Crippen LogP contribution is 2.31. The number of rotatable bonds is 5. The minimum absolute atomic E-state index is 0.170. The molecule has 4 aromatic rings. The van der Waals surface area contributed by atoms with E-state index >= 15 is 0 Å². The van der Waals surface area contributed by atoms with Gasteiger partial charge in [-0.05, 0) is 24.3 Å². The normalized spacial score (nSPS) is 15.1. The zero-order valence-electron chi connectivity index (χ0n) is 17.1. The summed E-state index contributed by atoms with van der Waals surface area (Å²) in [6.45, 7) is 1.07. The molecule has 1 amide bonds. The fourth-order valence-corrected chi connectivity index (χ4v) is 3.68. The maximum atomic E-state index is 13.5. The van der Waals surface area contributed by atoms with Gasteiger partial charge in [-0.1, -0.05) is 36.4 Å². The van der Waals surface area contributed by atoms with Crippen LogP contribution in [0.25, 0.3) is 10.9 Å². The van der Waals surface area contributed by atoms with Crippen LogP contribution < -0.4 is 9.47 Å². The van der Waals surface area contributed by atoms with Gasteiger partial charge in [-0.15, -0.1) is 0 Å². The number of ether oxygens (including phenoxy) is 2. The van der Waals surface area contributed by atoms with Crippen LogP contribution in [0.1, 0.15) is 16.3 Å². The van der Waals surface area contributed by atoms with E-state index in [4.69, 9.17) is 9.47 Å². The molecule has 2 aromatic heterocycles. The fourth-order valence-electron chi connectivity index (χ4n) is 3.68. The first-order valence-electron chi connectivity index (χ1n) is 10.2. The summed E-state index contributed by atoms with van der Waals surface area (Å²) in [5.74, 6) is 2.02. The molecule has 0 saturated carbocycles. The maximum absolute atomic E-state index is 13.5. The number of hydrogen-bond donors (Lipinski definition) is 0. The van der Waals surface area contributed by atoms with Gasteiger partial charge in [0.15, 0.2) is 17.6 Å². The van der Waals surface area contributed by atoms with Gasteiger partial charge in [0.25, 0.3) is 5.91 Å². The first kappa shape index (κ1) is 19.1. The zero-order valence-corrected chi connectivity index (χ0v) is 17.1. The van der Waals surface area contributed by atoms with Crippen molar-refractivity contribution in [3.63, 3.8) is 0 Å². The third kappa shape index (κ3) is 3.94. The monoisotopic (exact) mass is 414 g/mol. The van der Waals surface area contributed by atoms with E-state index in [0.717, 1.165) is 22.5 Å². The number of para-hydroxylation sites is 3. The second kappa shape index (κ2) is 8.10.